The Bertz CT molecular complexity index is 1300. The second-order valence-electron chi connectivity index (χ2n) is 6.89. The molecule has 0 saturated heterocycles. The van der Waals surface area contributed by atoms with E-state index >= 15 is 0 Å². The minimum Gasteiger partial charge on any atom is -0.466 e. The highest BCUT2D eigenvalue weighted by molar-refractivity contribution is 6.04. The quantitative estimate of drug-likeness (QED) is 0.411. The average Bonchev–Trinajstić information content (AvgIpc) is 3.24. The molecule has 0 aliphatic heterocycles. The number of benzene rings is 3. The zero-order chi connectivity index (χ0) is 23.6. The molecule has 3 aromatic carbocycles. The summed E-state index contributed by atoms with van der Waals surface area (Å²) in [6.07, 6.45) is -4.51. The highest BCUT2D eigenvalue weighted by Gasteiger charge is 2.31. The number of ether oxygens (including phenoxy) is 1. The van der Waals surface area contributed by atoms with Crippen molar-refractivity contribution in [2.45, 2.75) is 6.18 Å². The smallest absolute Gasteiger partial charge is 0.416 e. The van der Waals surface area contributed by atoms with E-state index in [1.165, 1.54) is 42.1 Å². The van der Waals surface area contributed by atoms with Gasteiger partial charge in [-0.25, -0.2) is 9.07 Å². The average molecular weight is 456 g/mol. The number of nitrogens with one attached hydrogen (secondary N) is 1. The molecular formula is C23H16F4N4O2. The molecule has 10 heteroatoms. The molecule has 0 aliphatic carbocycles. The second kappa shape index (κ2) is 8.73. The Morgan fingerprint density at radius 1 is 1.00 bits per heavy atom. The van der Waals surface area contributed by atoms with Crippen LogP contribution >= 0.6 is 0 Å². The van der Waals surface area contributed by atoms with Crippen LogP contribution in [0.25, 0.3) is 17.1 Å². The number of rotatable bonds is 5. The van der Waals surface area contributed by atoms with E-state index < -0.39 is 23.5 Å². The van der Waals surface area contributed by atoms with Crippen molar-refractivity contribution >= 4 is 11.6 Å². The summed E-state index contributed by atoms with van der Waals surface area (Å²) in [7, 11) is 1.34. The predicted octanol–water partition coefficient (Wildman–Crippen LogP) is 5.35. The van der Waals surface area contributed by atoms with Gasteiger partial charge in [0.25, 0.3) is 5.91 Å². The maximum absolute atomic E-state index is 13.8. The number of hydrogen-bond acceptors (Lipinski definition) is 4. The first-order valence-corrected chi connectivity index (χ1v) is 9.61. The number of carbonyl (C=O) groups excluding carboxylic acids is 1. The van der Waals surface area contributed by atoms with Crippen LogP contribution in [0.4, 0.5) is 23.2 Å². The minimum atomic E-state index is -4.51. The molecule has 0 aliphatic rings. The van der Waals surface area contributed by atoms with E-state index in [0.29, 0.717) is 11.4 Å². The number of nitrogens with zero attached hydrogens (tertiary/aromatic N) is 3. The first kappa shape index (κ1) is 22.0. The van der Waals surface area contributed by atoms with Crippen molar-refractivity contribution in [3.8, 4) is 23.1 Å². The number of carbonyl (C=O) groups is 1. The monoisotopic (exact) mass is 456 g/mol. The second-order valence-corrected chi connectivity index (χ2v) is 6.89. The molecule has 0 spiro atoms. The van der Waals surface area contributed by atoms with Crippen LogP contribution in [0.1, 0.15) is 15.9 Å². The molecule has 6 nitrogen and oxygen atoms in total. The van der Waals surface area contributed by atoms with Gasteiger partial charge in [-0.3, -0.25) is 4.79 Å². The van der Waals surface area contributed by atoms with Gasteiger partial charge in [-0.2, -0.15) is 18.2 Å². The summed E-state index contributed by atoms with van der Waals surface area (Å²) >= 11 is 0. The fraction of sp³-hybridized carbons (Fsp3) is 0.0870. The number of amides is 1. The zero-order valence-electron chi connectivity index (χ0n) is 17.1. The summed E-state index contributed by atoms with van der Waals surface area (Å²) < 4.78 is 59.6. The van der Waals surface area contributed by atoms with Crippen LogP contribution < -0.4 is 10.1 Å². The molecule has 4 aromatic rings. The molecule has 0 bridgehead atoms. The largest absolute Gasteiger partial charge is 0.466 e. The van der Waals surface area contributed by atoms with Gasteiger partial charge >= 0.3 is 12.2 Å². The maximum atomic E-state index is 13.8. The highest BCUT2D eigenvalue weighted by atomic mass is 19.4. The van der Waals surface area contributed by atoms with Crippen LogP contribution in [-0.4, -0.2) is 27.8 Å². The summed E-state index contributed by atoms with van der Waals surface area (Å²) in [5.41, 5.74) is 0.119. The molecule has 33 heavy (non-hydrogen) atoms. The van der Waals surface area contributed by atoms with Crippen LogP contribution in [0.2, 0.25) is 0 Å². The van der Waals surface area contributed by atoms with Gasteiger partial charge in [-0.05, 0) is 48.5 Å². The minimum absolute atomic E-state index is 0.0284. The van der Waals surface area contributed by atoms with E-state index in [9.17, 15) is 22.4 Å². The Balaban J connectivity index is 1.64. The SMILES string of the molecule is COc1nc(-c2cccc(C(F)(F)F)c2)n(-c2ccc(NC(=O)c3ccccc3F)cc2)n1. The molecule has 1 heterocycles. The van der Waals surface area contributed by atoms with Gasteiger partial charge in [-0.15, -0.1) is 5.10 Å². The number of aromatic nitrogens is 3. The van der Waals surface area contributed by atoms with Gasteiger partial charge in [0.1, 0.15) is 5.82 Å². The summed E-state index contributed by atoms with van der Waals surface area (Å²) in [6, 6.07) is 16.5. The van der Waals surface area contributed by atoms with Crippen LogP contribution in [0.5, 0.6) is 6.01 Å². The molecule has 1 N–H and O–H groups in total. The van der Waals surface area contributed by atoms with Crippen LogP contribution in [0, 0.1) is 5.82 Å². The van der Waals surface area contributed by atoms with Crippen molar-refractivity contribution in [3.63, 3.8) is 0 Å². The topological polar surface area (TPSA) is 69.0 Å². The van der Waals surface area contributed by atoms with Crippen molar-refractivity contribution in [1.82, 2.24) is 14.8 Å². The van der Waals surface area contributed by atoms with E-state index in [1.54, 1.807) is 30.3 Å². The third kappa shape index (κ3) is 4.69. The predicted molar refractivity (Wildman–Crippen MR) is 113 cm³/mol. The maximum Gasteiger partial charge on any atom is 0.416 e. The van der Waals surface area contributed by atoms with Crippen molar-refractivity contribution < 1.29 is 27.1 Å². The standard InChI is InChI=1S/C23H16F4N4O2/c1-33-22-29-20(14-5-4-6-15(13-14)23(25,26)27)31(30-22)17-11-9-16(10-12-17)28-21(32)18-7-2-3-8-19(18)24/h2-13H,1H3,(H,28,32). The Hall–Kier alpha value is -4.21. The third-order valence-electron chi connectivity index (χ3n) is 4.71. The van der Waals surface area contributed by atoms with E-state index in [4.69, 9.17) is 4.74 Å². The fourth-order valence-corrected chi connectivity index (χ4v) is 3.11. The normalized spacial score (nSPS) is 11.3. The number of halogens is 4. The van der Waals surface area contributed by atoms with Crippen LogP contribution in [-0.2, 0) is 6.18 Å². The molecule has 1 amide bonds. The molecule has 1 aromatic heterocycles. The van der Waals surface area contributed by atoms with Gasteiger partial charge in [0, 0.05) is 11.3 Å². The Labute approximate surface area is 185 Å². The van der Waals surface area contributed by atoms with Gasteiger partial charge in [0.05, 0.1) is 23.9 Å². The lowest BCUT2D eigenvalue weighted by atomic mass is 10.1. The van der Waals surface area contributed by atoms with Crippen molar-refractivity contribution in [2.75, 3.05) is 12.4 Å². The summed E-state index contributed by atoms with van der Waals surface area (Å²) in [5.74, 6) is -1.12. The highest BCUT2D eigenvalue weighted by Crippen LogP contribution is 2.33. The van der Waals surface area contributed by atoms with Gasteiger partial charge in [0.2, 0.25) is 0 Å². The fourth-order valence-electron chi connectivity index (χ4n) is 3.11. The summed E-state index contributed by atoms with van der Waals surface area (Å²) in [5, 5.41) is 6.77. The van der Waals surface area contributed by atoms with Crippen molar-refractivity contribution in [1.29, 1.82) is 0 Å². The Morgan fingerprint density at radius 2 is 1.73 bits per heavy atom. The van der Waals surface area contributed by atoms with Gasteiger partial charge < -0.3 is 10.1 Å². The molecule has 0 radical (unpaired) electrons. The van der Waals surface area contributed by atoms with Crippen molar-refractivity contribution in [3.05, 3.63) is 89.7 Å². The lowest BCUT2D eigenvalue weighted by molar-refractivity contribution is -0.137. The van der Waals surface area contributed by atoms with Crippen molar-refractivity contribution in [2.24, 2.45) is 0 Å². The summed E-state index contributed by atoms with van der Waals surface area (Å²) in [6.45, 7) is 0. The lowest BCUT2D eigenvalue weighted by Gasteiger charge is -2.10. The van der Waals surface area contributed by atoms with E-state index in [-0.39, 0.29) is 23.0 Å². The molecule has 0 unspecified atom stereocenters. The molecular weight excluding hydrogens is 440 g/mol. The van der Waals surface area contributed by atoms with Gasteiger partial charge in [-0.1, -0.05) is 24.3 Å². The Morgan fingerprint density at radius 3 is 2.39 bits per heavy atom. The number of hydrogen-bond donors (Lipinski definition) is 1. The van der Waals surface area contributed by atoms with E-state index in [2.05, 4.69) is 15.4 Å². The number of methoxy groups -OCH3 is 1. The molecule has 0 fully saturated rings. The lowest BCUT2D eigenvalue weighted by Crippen LogP contribution is -2.13. The zero-order valence-corrected chi connectivity index (χ0v) is 17.1. The van der Waals surface area contributed by atoms with Crippen LogP contribution in [0.3, 0.4) is 0 Å². The number of anilines is 1. The number of alkyl halides is 3. The molecule has 4 rings (SSSR count). The molecule has 0 atom stereocenters. The van der Waals surface area contributed by atoms with Crippen LogP contribution in [0.15, 0.2) is 72.8 Å². The molecule has 0 saturated carbocycles. The first-order valence-electron chi connectivity index (χ1n) is 9.61. The van der Waals surface area contributed by atoms with E-state index in [0.717, 1.165) is 12.1 Å². The van der Waals surface area contributed by atoms with E-state index in [1.807, 2.05) is 0 Å². The van der Waals surface area contributed by atoms with Gasteiger partial charge in [0.15, 0.2) is 5.82 Å². The summed E-state index contributed by atoms with van der Waals surface area (Å²) in [4.78, 5) is 16.5. The third-order valence-corrected chi connectivity index (χ3v) is 4.71. The molecule has 168 valence electrons. The first-order chi connectivity index (χ1) is 15.8. The Kier molecular flexibility index (Phi) is 5.82.